The summed E-state index contributed by atoms with van der Waals surface area (Å²) in [5.74, 6) is 2.64. The monoisotopic (exact) mass is 356 g/mol. The van der Waals surface area contributed by atoms with E-state index in [1.807, 2.05) is 0 Å². The molecule has 0 bridgehead atoms. The van der Waals surface area contributed by atoms with E-state index in [4.69, 9.17) is 4.74 Å². The topological polar surface area (TPSA) is 26.3 Å². The van der Waals surface area contributed by atoms with Gasteiger partial charge < -0.3 is 9.53 Å². The lowest BCUT2D eigenvalue weighted by molar-refractivity contribution is -0.118. The lowest BCUT2D eigenvalue weighted by Gasteiger charge is -2.21. The summed E-state index contributed by atoms with van der Waals surface area (Å²) in [5.41, 5.74) is 2.92. The zero-order chi connectivity index (χ0) is 19.2. The van der Waals surface area contributed by atoms with E-state index in [1.165, 1.54) is 24.0 Å². The highest BCUT2D eigenvalue weighted by molar-refractivity contribution is 5.76. The Bertz CT molecular complexity index is 627. The first-order valence-electron chi connectivity index (χ1n) is 10.2. The van der Waals surface area contributed by atoms with Gasteiger partial charge in [-0.05, 0) is 67.1 Å². The molecule has 144 valence electrons. The zero-order valence-electron chi connectivity index (χ0n) is 17.3. The lowest BCUT2D eigenvalue weighted by Crippen LogP contribution is -2.14. The number of Topliss-reactive ketones (excluding diaryl/α,β-unsaturated/α-hetero) is 1. The summed E-state index contributed by atoms with van der Waals surface area (Å²) in [4.78, 5) is 11.3. The van der Waals surface area contributed by atoms with Crippen molar-refractivity contribution in [3.63, 3.8) is 0 Å². The number of fused-ring (bicyclic) bond motifs is 1. The van der Waals surface area contributed by atoms with E-state index in [9.17, 15) is 4.79 Å². The number of hydrogen-bond donors (Lipinski definition) is 0. The average Bonchev–Trinajstić information content (AvgIpc) is 3.03. The molecule has 0 N–H and O–H groups in total. The molecular formula is C24H36O2. The standard InChI is InChI=1S/C24H36O2/c1-6-20(21-10-11-23-22(16-21)12-14-26-23)15-18(2)9-7-8-13-24(4,5)17-19(3)25/h7-8,10-11,16,18,20H,6,9,12-15,17H2,1-5H3/b8-7-. The Morgan fingerprint density at radius 2 is 2.08 bits per heavy atom. The van der Waals surface area contributed by atoms with Crippen molar-refractivity contribution in [1.29, 1.82) is 0 Å². The first-order chi connectivity index (χ1) is 12.3. The maximum absolute atomic E-state index is 11.3. The Morgan fingerprint density at radius 1 is 1.31 bits per heavy atom. The van der Waals surface area contributed by atoms with E-state index in [1.54, 1.807) is 6.92 Å². The Balaban J connectivity index is 1.84. The van der Waals surface area contributed by atoms with Gasteiger partial charge in [0.25, 0.3) is 0 Å². The molecule has 2 rings (SSSR count). The number of benzene rings is 1. The smallest absolute Gasteiger partial charge is 0.130 e. The molecule has 2 nitrogen and oxygen atoms in total. The largest absolute Gasteiger partial charge is 0.493 e. The third kappa shape index (κ3) is 6.30. The molecule has 0 spiro atoms. The van der Waals surface area contributed by atoms with Crippen LogP contribution >= 0.6 is 0 Å². The van der Waals surface area contributed by atoms with Gasteiger partial charge in [0, 0.05) is 12.8 Å². The number of ether oxygens (including phenoxy) is 1. The Hall–Kier alpha value is -1.57. The highest BCUT2D eigenvalue weighted by Crippen LogP contribution is 2.34. The molecule has 0 saturated heterocycles. The van der Waals surface area contributed by atoms with Crippen LogP contribution in [0.15, 0.2) is 30.4 Å². The summed E-state index contributed by atoms with van der Waals surface area (Å²) in [6.45, 7) is 11.5. The van der Waals surface area contributed by atoms with Gasteiger partial charge in [-0.15, -0.1) is 0 Å². The molecular weight excluding hydrogens is 320 g/mol. The van der Waals surface area contributed by atoms with Crippen LogP contribution in [0.2, 0.25) is 0 Å². The molecule has 2 unspecified atom stereocenters. The predicted octanol–water partition coefficient (Wildman–Crippen LogP) is 6.48. The SMILES string of the molecule is CCC(CC(C)C/C=C\CC(C)(C)CC(C)=O)c1ccc2c(c1)CCO2. The van der Waals surface area contributed by atoms with Crippen molar-refractivity contribution in [2.45, 2.75) is 79.1 Å². The van der Waals surface area contributed by atoms with Crippen LogP contribution in [0.4, 0.5) is 0 Å². The number of ketones is 1. The summed E-state index contributed by atoms with van der Waals surface area (Å²) in [5, 5.41) is 0. The van der Waals surface area contributed by atoms with Gasteiger partial charge in [-0.1, -0.05) is 52.0 Å². The van der Waals surface area contributed by atoms with Gasteiger partial charge in [0.05, 0.1) is 6.61 Å². The van der Waals surface area contributed by atoms with E-state index in [0.717, 1.165) is 31.6 Å². The summed E-state index contributed by atoms with van der Waals surface area (Å²) in [7, 11) is 0. The predicted molar refractivity (Wildman–Crippen MR) is 110 cm³/mol. The normalized spacial score (nSPS) is 16.3. The number of hydrogen-bond acceptors (Lipinski definition) is 2. The fourth-order valence-electron chi connectivity index (χ4n) is 4.06. The first-order valence-corrected chi connectivity index (χ1v) is 10.2. The number of carbonyl (C=O) groups excluding carboxylic acids is 1. The van der Waals surface area contributed by atoms with Crippen LogP contribution in [-0.2, 0) is 11.2 Å². The van der Waals surface area contributed by atoms with Gasteiger partial charge in [0.15, 0.2) is 0 Å². The molecule has 2 heteroatoms. The first kappa shape index (κ1) is 20.7. The van der Waals surface area contributed by atoms with Gasteiger partial charge in [-0.25, -0.2) is 0 Å². The quantitative estimate of drug-likeness (QED) is 0.448. The summed E-state index contributed by atoms with van der Waals surface area (Å²) in [6, 6.07) is 6.77. The molecule has 0 amide bonds. The maximum Gasteiger partial charge on any atom is 0.130 e. The minimum absolute atomic E-state index is 0.0734. The minimum Gasteiger partial charge on any atom is -0.493 e. The number of allylic oxidation sites excluding steroid dienone is 2. The van der Waals surface area contributed by atoms with Crippen molar-refractivity contribution in [2.24, 2.45) is 11.3 Å². The van der Waals surface area contributed by atoms with Crippen LogP contribution in [0, 0.1) is 11.3 Å². The highest BCUT2D eigenvalue weighted by Gasteiger charge is 2.19. The van der Waals surface area contributed by atoms with Crippen LogP contribution in [0.3, 0.4) is 0 Å². The van der Waals surface area contributed by atoms with E-state index in [2.05, 4.69) is 58.0 Å². The third-order valence-electron chi connectivity index (χ3n) is 5.47. The highest BCUT2D eigenvalue weighted by atomic mass is 16.5. The number of rotatable bonds is 10. The van der Waals surface area contributed by atoms with Crippen molar-refractivity contribution in [2.75, 3.05) is 6.61 Å². The van der Waals surface area contributed by atoms with Crippen molar-refractivity contribution in [3.05, 3.63) is 41.5 Å². The van der Waals surface area contributed by atoms with Gasteiger partial charge in [-0.2, -0.15) is 0 Å². The molecule has 1 aromatic rings. The molecule has 0 saturated carbocycles. The molecule has 0 aliphatic carbocycles. The van der Waals surface area contributed by atoms with Crippen LogP contribution in [0.1, 0.15) is 83.8 Å². The summed E-state index contributed by atoms with van der Waals surface area (Å²) in [6.07, 6.45) is 10.8. The van der Waals surface area contributed by atoms with Crippen LogP contribution in [0.5, 0.6) is 5.75 Å². The van der Waals surface area contributed by atoms with Crippen molar-refractivity contribution >= 4 is 5.78 Å². The molecule has 26 heavy (non-hydrogen) atoms. The molecule has 1 heterocycles. The molecule has 1 aromatic carbocycles. The van der Waals surface area contributed by atoms with E-state index >= 15 is 0 Å². The van der Waals surface area contributed by atoms with Crippen molar-refractivity contribution < 1.29 is 9.53 Å². The molecule has 0 radical (unpaired) electrons. The van der Waals surface area contributed by atoms with E-state index in [-0.39, 0.29) is 11.2 Å². The fourth-order valence-corrected chi connectivity index (χ4v) is 4.06. The average molecular weight is 357 g/mol. The molecule has 0 aromatic heterocycles. The molecule has 1 aliphatic heterocycles. The van der Waals surface area contributed by atoms with Gasteiger partial charge in [0.1, 0.15) is 11.5 Å². The zero-order valence-corrected chi connectivity index (χ0v) is 17.3. The number of carbonyl (C=O) groups is 1. The van der Waals surface area contributed by atoms with Gasteiger partial charge in [0.2, 0.25) is 0 Å². The summed E-state index contributed by atoms with van der Waals surface area (Å²) >= 11 is 0. The van der Waals surface area contributed by atoms with Gasteiger partial charge >= 0.3 is 0 Å². The second-order valence-electron chi connectivity index (χ2n) is 8.87. The Labute approximate surface area is 160 Å². The van der Waals surface area contributed by atoms with E-state index < -0.39 is 0 Å². The second-order valence-corrected chi connectivity index (χ2v) is 8.87. The third-order valence-corrected chi connectivity index (χ3v) is 5.47. The van der Waals surface area contributed by atoms with Crippen molar-refractivity contribution in [1.82, 2.24) is 0 Å². The van der Waals surface area contributed by atoms with E-state index in [0.29, 0.717) is 18.3 Å². The Morgan fingerprint density at radius 3 is 2.77 bits per heavy atom. The molecule has 2 atom stereocenters. The lowest BCUT2D eigenvalue weighted by atomic mass is 9.83. The fraction of sp³-hybridized carbons (Fsp3) is 0.625. The second kappa shape index (κ2) is 9.39. The maximum atomic E-state index is 11.3. The minimum atomic E-state index is 0.0734. The molecule has 1 aliphatic rings. The van der Waals surface area contributed by atoms with Gasteiger partial charge in [-0.3, -0.25) is 0 Å². The summed E-state index contributed by atoms with van der Waals surface area (Å²) < 4.78 is 5.63. The van der Waals surface area contributed by atoms with Crippen LogP contribution < -0.4 is 4.74 Å². The Kier molecular flexibility index (Phi) is 7.49. The van der Waals surface area contributed by atoms with Crippen LogP contribution in [-0.4, -0.2) is 12.4 Å². The molecule has 0 fully saturated rings. The van der Waals surface area contributed by atoms with Crippen LogP contribution in [0.25, 0.3) is 0 Å². The van der Waals surface area contributed by atoms with Crippen molar-refractivity contribution in [3.8, 4) is 5.75 Å².